The zero-order valence-electron chi connectivity index (χ0n) is 12.4. The quantitative estimate of drug-likeness (QED) is 0.811. The van der Waals surface area contributed by atoms with Crippen LogP contribution in [0, 0.1) is 0 Å². The van der Waals surface area contributed by atoms with Gasteiger partial charge >= 0.3 is 0 Å². The number of thioether (sulfide) groups is 1. The summed E-state index contributed by atoms with van der Waals surface area (Å²) in [6.45, 7) is 6.18. The summed E-state index contributed by atoms with van der Waals surface area (Å²) in [7, 11) is -3.54. The summed E-state index contributed by atoms with van der Waals surface area (Å²) in [5, 5.41) is 9.80. The van der Waals surface area contributed by atoms with Crippen molar-refractivity contribution in [3.63, 3.8) is 0 Å². The fourth-order valence-corrected chi connectivity index (χ4v) is 3.12. The summed E-state index contributed by atoms with van der Waals surface area (Å²) in [6.07, 6.45) is 1.87. The molecule has 20 heavy (non-hydrogen) atoms. The number of hydrogen-bond donors (Lipinski definition) is 2. The summed E-state index contributed by atoms with van der Waals surface area (Å²) < 4.78 is 27.0. The molecule has 0 amide bonds. The number of nitrogens with one attached hydrogen (secondary N) is 1. The number of hydrogen-bond acceptors (Lipinski definition) is 4. The molecule has 0 bridgehead atoms. The van der Waals surface area contributed by atoms with Gasteiger partial charge in [0.1, 0.15) is 0 Å². The minimum absolute atomic E-state index is 0.159. The second kappa shape index (κ2) is 6.93. The van der Waals surface area contributed by atoms with Gasteiger partial charge < -0.3 is 5.11 Å². The number of sulfonamides is 1. The predicted octanol–water partition coefficient (Wildman–Crippen LogP) is 2.55. The molecule has 0 aliphatic rings. The number of aliphatic hydroxyl groups is 1. The van der Waals surface area contributed by atoms with Crippen LogP contribution in [0.5, 0.6) is 0 Å². The fraction of sp³-hybridized carbons (Fsp3) is 0.571. The van der Waals surface area contributed by atoms with Crippen LogP contribution in [0.2, 0.25) is 0 Å². The molecule has 0 aliphatic heterocycles. The maximum Gasteiger partial charge on any atom is 0.240 e. The molecule has 0 radical (unpaired) electrons. The third-order valence-corrected chi connectivity index (χ3v) is 5.83. The minimum atomic E-state index is -3.54. The molecule has 1 aromatic rings. The van der Waals surface area contributed by atoms with Gasteiger partial charge in [0.2, 0.25) is 10.0 Å². The lowest BCUT2D eigenvalue weighted by molar-refractivity contribution is 0.173. The second-order valence-electron chi connectivity index (χ2n) is 5.28. The smallest absolute Gasteiger partial charge is 0.240 e. The minimum Gasteiger partial charge on any atom is -0.388 e. The first-order valence-electron chi connectivity index (χ1n) is 6.54. The first-order chi connectivity index (χ1) is 9.22. The monoisotopic (exact) mass is 317 g/mol. The highest BCUT2D eigenvalue weighted by Gasteiger charge is 2.21. The zero-order valence-corrected chi connectivity index (χ0v) is 14.0. The van der Waals surface area contributed by atoms with Crippen LogP contribution >= 0.6 is 11.8 Å². The Morgan fingerprint density at radius 2 is 2.05 bits per heavy atom. The van der Waals surface area contributed by atoms with Crippen LogP contribution in [0.25, 0.3) is 0 Å². The van der Waals surface area contributed by atoms with Crippen LogP contribution in [0.4, 0.5) is 0 Å². The van der Waals surface area contributed by atoms with E-state index in [-0.39, 0.29) is 9.64 Å². The summed E-state index contributed by atoms with van der Waals surface area (Å²) >= 11 is 1.61. The van der Waals surface area contributed by atoms with Crippen molar-refractivity contribution in [1.29, 1.82) is 0 Å². The lowest BCUT2D eigenvalue weighted by Crippen LogP contribution is -2.36. The van der Waals surface area contributed by atoms with E-state index in [0.717, 1.165) is 0 Å². The molecule has 114 valence electrons. The Hall–Kier alpha value is -0.560. The standard InChI is InChI=1S/C14H23NO3S2/c1-5-13(16)11-7-6-8-12(9-11)20(17,18)15-10-14(2,3)19-4/h6-9,13,15-16H,5,10H2,1-4H3. The molecule has 0 aromatic heterocycles. The number of rotatable bonds is 7. The third kappa shape index (κ3) is 4.77. The Kier molecular flexibility index (Phi) is 6.06. The lowest BCUT2D eigenvalue weighted by atomic mass is 10.1. The van der Waals surface area contributed by atoms with Crippen molar-refractivity contribution in [1.82, 2.24) is 4.72 Å². The molecule has 0 fully saturated rings. The van der Waals surface area contributed by atoms with Crippen LogP contribution < -0.4 is 4.72 Å². The molecule has 1 unspecified atom stereocenters. The van der Waals surface area contributed by atoms with Crippen LogP contribution in [0.15, 0.2) is 29.2 Å². The van der Waals surface area contributed by atoms with Crippen LogP contribution in [0.1, 0.15) is 38.9 Å². The van der Waals surface area contributed by atoms with Gasteiger partial charge in [-0.2, -0.15) is 11.8 Å². The molecular weight excluding hydrogens is 294 g/mol. The van der Waals surface area contributed by atoms with Crippen molar-refractivity contribution in [2.24, 2.45) is 0 Å². The van der Waals surface area contributed by atoms with Crippen molar-refractivity contribution in [3.8, 4) is 0 Å². The Bertz CT molecular complexity index is 541. The Labute approximate surface area is 126 Å². The van der Waals surface area contributed by atoms with Gasteiger partial charge in [-0.05, 0) is 44.2 Å². The van der Waals surface area contributed by atoms with E-state index in [1.807, 2.05) is 27.0 Å². The molecule has 0 saturated heterocycles. The highest BCUT2D eigenvalue weighted by Crippen LogP contribution is 2.22. The Morgan fingerprint density at radius 1 is 1.40 bits per heavy atom. The maximum absolute atomic E-state index is 12.3. The molecule has 1 aromatic carbocycles. The summed E-state index contributed by atoms with van der Waals surface area (Å²) in [5.41, 5.74) is 0.625. The molecule has 0 spiro atoms. The van der Waals surface area contributed by atoms with Gasteiger partial charge in [0.05, 0.1) is 11.0 Å². The van der Waals surface area contributed by atoms with E-state index in [2.05, 4.69) is 4.72 Å². The van der Waals surface area contributed by atoms with Gasteiger partial charge in [0, 0.05) is 11.3 Å². The van der Waals surface area contributed by atoms with Crippen molar-refractivity contribution in [2.75, 3.05) is 12.8 Å². The van der Waals surface area contributed by atoms with Gasteiger partial charge in [-0.1, -0.05) is 19.1 Å². The van der Waals surface area contributed by atoms with Crippen molar-refractivity contribution < 1.29 is 13.5 Å². The summed E-state index contributed by atoms with van der Waals surface area (Å²) in [5.74, 6) is 0. The molecule has 2 N–H and O–H groups in total. The van der Waals surface area contributed by atoms with Gasteiger partial charge in [-0.15, -0.1) is 0 Å². The van der Waals surface area contributed by atoms with Gasteiger partial charge in [-0.25, -0.2) is 13.1 Å². The molecule has 1 rings (SSSR count). The number of benzene rings is 1. The van der Waals surface area contributed by atoms with Crippen molar-refractivity contribution in [2.45, 2.75) is 42.9 Å². The van der Waals surface area contributed by atoms with E-state index in [4.69, 9.17) is 0 Å². The molecule has 0 aliphatic carbocycles. The van der Waals surface area contributed by atoms with Crippen LogP contribution in [-0.2, 0) is 10.0 Å². The van der Waals surface area contributed by atoms with Gasteiger partial charge in [0.25, 0.3) is 0 Å². The zero-order chi connectivity index (χ0) is 15.4. The largest absolute Gasteiger partial charge is 0.388 e. The van der Waals surface area contributed by atoms with E-state index in [1.165, 1.54) is 6.07 Å². The van der Waals surface area contributed by atoms with E-state index in [0.29, 0.717) is 18.5 Å². The Balaban J connectivity index is 2.93. The normalized spacial score (nSPS) is 14.2. The molecule has 1 atom stereocenters. The summed E-state index contributed by atoms with van der Waals surface area (Å²) in [4.78, 5) is 0.194. The molecule has 6 heteroatoms. The van der Waals surface area contributed by atoms with Crippen LogP contribution in [-0.4, -0.2) is 31.1 Å². The lowest BCUT2D eigenvalue weighted by Gasteiger charge is -2.22. The SMILES string of the molecule is CCC(O)c1cccc(S(=O)(=O)NCC(C)(C)SC)c1. The predicted molar refractivity (Wildman–Crippen MR) is 84.5 cm³/mol. The second-order valence-corrected chi connectivity index (χ2v) is 8.57. The van der Waals surface area contributed by atoms with E-state index in [9.17, 15) is 13.5 Å². The average molecular weight is 317 g/mol. The molecule has 0 saturated carbocycles. The fourth-order valence-electron chi connectivity index (χ4n) is 1.55. The van der Waals surface area contributed by atoms with Crippen molar-refractivity contribution in [3.05, 3.63) is 29.8 Å². The van der Waals surface area contributed by atoms with E-state index < -0.39 is 16.1 Å². The topological polar surface area (TPSA) is 66.4 Å². The molecular formula is C14H23NO3S2. The molecule has 0 heterocycles. The highest BCUT2D eigenvalue weighted by molar-refractivity contribution is 8.00. The Morgan fingerprint density at radius 3 is 2.60 bits per heavy atom. The van der Waals surface area contributed by atoms with E-state index >= 15 is 0 Å². The maximum atomic E-state index is 12.3. The van der Waals surface area contributed by atoms with Gasteiger partial charge in [0.15, 0.2) is 0 Å². The first-order valence-corrected chi connectivity index (χ1v) is 9.25. The summed E-state index contributed by atoms with van der Waals surface area (Å²) in [6, 6.07) is 6.46. The first kappa shape index (κ1) is 17.5. The molecule has 4 nitrogen and oxygen atoms in total. The third-order valence-electron chi connectivity index (χ3n) is 3.18. The van der Waals surface area contributed by atoms with E-state index in [1.54, 1.807) is 30.0 Å². The van der Waals surface area contributed by atoms with Gasteiger partial charge in [-0.3, -0.25) is 0 Å². The van der Waals surface area contributed by atoms with Crippen LogP contribution in [0.3, 0.4) is 0 Å². The average Bonchev–Trinajstić information content (AvgIpc) is 2.45. The number of aliphatic hydroxyl groups excluding tert-OH is 1. The van der Waals surface area contributed by atoms with Crippen molar-refractivity contribution >= 4 is 21.8 Å². The highest BCUT2D eigenvalue weighted by atomic mass is 32.2.